The van der Waals surface area contributed by atoms with Gasteiger partial charge in [-0.1, -0.05) is 20.8 Å². The average molecular weight is 286 g/mol. The molecule has 4 nitrogen and oxygen atoms in total. The monoisotopic (exact) mass is 286 g/mol. The molecule has 1 aromatic rings. The van der Waals surface area contributed by atoms with E-state index in [2.05, 4.69) is 44.9 Å². The molecule has 0 aromatic carbocycles. The molecule has 0 radical (unpaired) electrons. The van der Waals surface area contributed by atoms with Crippen molar-refractivity contribution in [2.45, 2.75) is 52.4 Å². The second kappa shape index (κ2) is 6.79. The predicted molar refractivity (Wildman–Crippen MR) is 79.8 cm³/mol. The minimum atomic E-state index is -0.210. The number of hydrogen-bond donors (Lipinski definition) is 1. The largest absolute Gasteiger partial charge is 0.355 e. The summed E-state index contributed by atoms with van der Waals surface area (Å²) >= 11 is 1.79. The van der Waals surface area contributed by atoms with Gasteiger partial charge in [0.1, 0.15) is 0 Å². The van der Waals surface area contributed by atoms with Gasteiger partial charge in [-0.25, -0.2) is 4.98 Å². The molecular formula is C14H26N2O2S. The van der Waals surface area contributed by atoms with Crippen molar-refractivity contribution in [2.24, 2.45) is 0 Å². The molecule has 1 N–H and O–H groups in total. The third kappa shape index (κ3) is 4.53. The van der Waals surface area contributed by atoms with Crippen LogP contribution in [0.2, 0.25) is 0 Å². The number of ether oxygens (including phenoxy) is 2. The smallest absolute Gasteiger partial charge is 0.169 e. The lowest BCUT2D eigenvalue weighted by molar-refractivity contribution is -0.0997. The van der Waals surface area contributed by atoms with Crippen LogP contribution in [0.5, 0.6) is 0 Å². The fraction of sp³-hybridized carbons (Fsp3) is 0.786. The number of thiazole rings is 1. The Labute approximate surface area is 120 Å². The maximum absolute atomic E-state index is 5.18. The van der Waals surface area contributed by atoms with Crippen molar-refractivity contribution in [3.8, 4) is 0 Å². The minimum Gasteiger partial charge on any atom is -0.355 e. The van der Waals surface area contributed by atoms with Gasteiger partial charge in [-0.2, -0.15) is 0 Å². The summed E-state index contributed by atoms with van der Waals surface area (Å²) in [6, 6.07) is 0.251. The van der Waals surface area contributed by atoms with Crippen LogP contribution in [0, 0.1) is 6.92 Å². The molecular weight excluding hydrogens is 260 g/mol. The zero-order chi connectivity index (χ0) is 14.6. The Kier molecular flexibility index (Phi) is 5.92. The molecule has 1 atom stereocenters. The highest BCUT2D eigenvalue weighted by molar-refractivity contribution is 7.12. The van der Waals surface area contributed by atoms with Gasteiger partial charge in [0.2, 0.25) is 0 Å². The molecule has 0 saturated heterocycles. The molecule has 19 heavy (non-hydrogen) atoms. The van der Waals surface area contributed by atoms with Crippen molar-refractivity contribution in [1.29, 1.82) is 0 Å². The summed E-state index contributed by atoms with van der Waals surface area (Å²) in [5, 5.41) is 4.61. The Morgan fingerprint density at radius 3 is 2.26 bits per heavy atom. The molecule has 0 spiro atoms. The van der Waals surface area contributed by atoms with Crippen LogP contribution in [0.15, 0.2) is 0 Å². The van der Waals surface area contributed by atoms with Crippen LogP contribution in [-0.2, 0) is 14.9 Å². The highest BCUT2D eigenvalue weighted by Crippen LogP contribution is 2.32. The van der Waals surface area contributed by atoms with Gasteiger partial charge < -0.3 is 14.8 Å². The highest BCUT2D eigenvalue weighted by Gasteiger charge is 2.22. The van der Waals surface area contributed by atoms with Crippen LogP contribution in [-0.4, -0.2) is 32.0 Å². The van der Waals surface area contributed by atoms with Gasteiger partial charge in [0.05, 0.1) is 10.7 Å². The third-order valence-corrected chi connectivity index (χ3v) is 4.75. The van der Waals surface area contributed by atoms with Crippen molar-refractivity contribution in [3.05, 3.63) is 15.6 Å². The van der Waals surface area contributed by atoms with Gasteiger partial charge in [0.25, 0.3) is 0 Å². The Morgan fingerprint density at radius 1 is 1.26 bits per heavy atom. The summed E-state index contributed by atoms with van der Waals surface area (Å²) in [6.07, 6.45) is -0.210. The van der Waals surface area contributed by atoms with Gasteiger partial charge in [-0.05, 0) is 13.8 Å². The summed E-state index contributed by atoms with van der Waals surface area (Å²) < 4.78 is 10.4. The first kappa shape index (κ1) is 16.6. The van der Waals surface area contributed by atoms with Crippen molar-refractivity contribution in [1.82, 2.24) is 10.3 Å². The zero-order valence-corrected chi connectivity index (χ0v) is 13.9. The molecule has 0 aliphatic heterocycles. The summed E-state index contributed by atoms with van der Waals surface area (Å²) in [7, 11) is 3.30. The van der Waals surface area contributed by atoms with E-state index in [0.29, 0.717) is 6.54 Å². The topological polar surface area (TPSA) is 43.4 Å². The predicted octanol–water partition coefficient (Wildman–Crippen LogP) is 3.02. The lowest BCUT2D eigenvalue weighted by atomic mass is 9.98. The molecule has 0 aliphatic carbocycles. The van der Waals surface area contributed by atoms with Gasteiger partial charge in [-0.3, -0.25) is 0 Å². The Balaban J connectivity index is 2.72. The molecule has 0 aliphatic rings. The highest BCUT2D eigenvalue weighted by atomic mass is 32.1. The Hall–Kier alpha value is -0.490. The normalized spacial score (nSPS) is 14.1. The van der Waals surface area contributed by atoms with Crippen molar-refractivity contribution >= 4 is 11.3 Å². The van der Waals surface area contributed by atoms with Gasteiger partial charge in [0, 0.05) is 37.1 Å². The van der Waals surface area contributed by atoms with E-state index in [1.165, 1.54) is 9.88 Å². The fourth-order valence-corrected chi connectivity index (χ4v) is 2.91. The summed E-state index contributed by atoms with van der Waals surface area (Å²) in [6.45, 7) is 11.5. The van der Waals surface area contributed by atoms with Crippen molar-refractivity contribution < 1.29 is 9.47 Å². The van der Waals surface area contributed by atoms with E-state index in [-0.39, 0.29) is 17.7 Å². The van der Waals surface area contributed by atoms with E-state index in [0.717, 1.165) is 5.69 Å². The summed E-state index contributed by atoms with van der Waals surface area (Å²) in [5.74, 6) is 0. The maximum Gasteiger partial charge on any atom is 0.169 e. The van der Waals surface area contributed by atoms with Crippen LogP contribution in [0.4, 0.5) is 0 Å². The molecule has 0 saturated carbocycles. The Bertz CT molecular complexity index is 395. The minimum absolute atomic E-state index is 0.106. The van der Waals surface area contributed by atoms with Crippen molar-refractivity contribution in [3.63, 3.8) is 0 Å². The second-order valence-corrected chi connectivity index (χ2v) is 6.78. The third-order valence-electron chi connectivity index (χ3n) is 2.98. The van der Waals surface area contributed by atoms with E-state index >= 15 is 0 Å². The molecule has 5 heteroatoms. The molecule has 1 heterocycles. The molecule has 0 fully saturated rings. The molecule has 1 rings (SSSR count). The quantitative estimate of drug-likeness (QED) is 0.816. The molecule has 110 valence electrons. The first-order chi connectivity index (χ1) is 8.79. The standard InChI is InChI=1S/C14H26N2O2S/c1-9(15-8-11(17-6)18-7)12-10(2)16-13(19-12)14(3,4)5/h9,11,15H,8H2,1-7H3. The Morgan fingerprint density at radius 2 is 1.84 bits per heavy atom. The van der Waals surface area contributed by atoms with E-state index in [4.69, 9.17) is 9.47 Å². The van der Waals surface area contributed by atoms with Crippen LogP contribution < -0.4 is 5.32 Å². The van der Waals surface area contributed by atoms with E-state index in [9.17, 15) is 0 Å². The molecule has 1 unspecified atom stereocenters. The summed E-state index contributed by atoms with van der Waals surface area (Å²) in [5.41, 5.74) is 1.22. The van der Waals surface area contributed by atoms with Gasteiger partial charge in [0.15, 0.2) is 6.29 Å². The van der Waals surface area contributed by atoms with Gasteiger partial charge in [-0.15, -0.1) is 11.3 Å². The van der Waals surface area contributed by atoms with Crippen LogP contribution >= 0.6 is 11.3 Å². The van der Waals surface area contributed by atoms with Crippen LogP contribution in [0.25, 0.3) is 0 Å². The number of nitrogens with one attached hydrogen (secondary N) is 1. The lowest BCUT2D eigenvalue weighted by Crippen LogP contribution is -2.31. The first-order valence-electron chi connectivity index (χ1n) is 6.56. The molecule has 0 amide bonds. The van der Waals surface area contributed by atoms with Crippen molar-refractivity contribution in [2.75, 3.05) is 20.8 Å². The average Bonchev–Trinajstić information content (AvgIpc) is 2.72. The van der Waals surface area contributed by atoms with Gasteiger partial charge >= 0.3 is 0 Å². The maximum atomic E-state index is 5.18. The van der Waals surface area contributed by atoms with Crippen LogP contribution in [0.1, 0.15) is 49.3 Å². The number of hydrogen-bond acceptors (Lipinski definition) is 5. The zero-order valence-electron chi connectivity index (χ0n) is 13.0. The number of aromatic nitrogens is 1. The SMILES string of the molecule is COC(CNC(C)c1sc(C(C)(C)C)nc1C)OC. The summed E-state index contributed by atoms with van der Waals surface area (Å²) in [4.78, 5) is 5.97. The van der Waals surface area contributed by atoms with E-state index < -0.39 is 0 Å². The number of nitrogens with zero attached hydrogens (tertiary/aromatic N) is 1. The number of rotatable bonds is 6. The first-order valence-corrected chi connectivity index (χ1v) is 7.38. The van der Waals surface area contributed by atoms with Crippen LogP contribution in [0.3, 0.4) is 0 Å². The lowest BCUT2D eigenvalue weighted by Gasteiger charge is -2.18. The fourth-order valence-electron chi connectivity index (χ4n) is 1.76. The number of methoxy groups -OCH3 is 2. The number of aryl methyl sites for hydroxylation is 1. The van der Waals surface area contributed by atoms with E-state index in [1.54, 1.807) is 25.6 Å². The second-order valence-electron chi connectivity index (χ2n) is 5.75. The van der Waals surface area contributed by atoms with E-state index in [1.807, 2.05) is 0 Å². The molecule has 0 bridgehead atoms. The molecule has 1 aromatic heterocycles.